The second kappa shape index (κ2) is 7.33. The molecular formula is C17H21N5O3. The zero-order valence-corrected chi connectivity index (χ0v) is 14.2. The van der Waals surface area contributed by atoms with E-state index in [1.165, 1.54) is 12.1 Å². The Labute approximate surface area is 145 Å². The molecule has 8 heteroatoms. The average Bonchev–Trinajstić information content (AvgIpc) is 3.32. The fraction of sp³-hybridized carbons (Fsp3) is 0.412. The van der Waals surface area contributed by atoms with Gasteiger partial charge in [-0.1, -0.05) is 6.07 Å². The fourth-order valence-electron chi connectivity index (χ4n) is 2.47. The number of aromatic hydroxyl groups is 1. The van der Waals surface area contributed by atoms with E-state index in [1.54, 1.807) is 22.9 Å². The Morgan fingerprint density at radius 1 is 1.52 bits per heavy atom. The number of hydrogen-bond acceptors (Lipinski definition) is 6. The number of ether oxygens (including phenoxy) is 1. The van der Waals surface area contributed by atoms with Crippen molar-refractivity contribution < 1.29 is 14.6 Å². The maximum atomic E-state index is 12.1. The van der Waals surface area contributed by atoms with Crippen LogP contribution in [0.25, 0.3) is 6.08 Å². The maximum Gasteiger partial charge on any atom is 0.244 e. The molecule has 1 unspecified atom stereocenters. The highest BCUT2D eigenvalue weighted by molar-refractivity contribution is 5.92. The predicted molar refractivity (Wildman–Crippen MR) is 91.0 cm³/mol. The van der Waals surface area contributed by atoms with Gasteiger partial charge >= 0.3 is 0 Å². The highest BCUT2D eigenvalue weighted by Crippen LogP contribution is 2.35. The Kier molecular flexibility index (Phi) is 4.97. The summed E-state index contributed by atoms with van der Waals surface area (Å²) < 4.78 is 7.11. The molecule has 0 radical (unpaired) electrons. The van der Waals surface area contributed by atoms with Gasteiger partial charge in [0.2, 0.25) is 5.91 Å². The summed E-state index contributed by atoms with van der Waals surface area (Å²) in [4.78, 5) is 12.1. The molecule has 1 aliphatic carbocycles. The van der Waals surface area contributed by atoms with E-state index in [1.807, 2.05) is 13.8 Å². The minimum Gasteiger partial charge on any atom is -0.504 e. The number of aromatic nitrogens is 4. The van der Waals surface area contributed by atoms with Crippen LogP contribution in [0, 0.1) is 0 Å². The number of phenols is 1. The number of phenolic OH excluding ortho intramolecular Hbond substituents is 1. The second-order valence-corrected chi connectivity index (χ2v) is 5.94. The van der Waals surface area contributed by atoms with E-state index in [4.69, 9.17) is 4.74 Å². The first-order chi connectivity index (χ1) is 12.1. The van der Waals surface area contributed by atoms with Crippen LogP contribution in [0.1, 0.15) is 50.2 Å². The molecule has 2 N–H and O–H groups in total. The average molecular weight is 343 g/mol. The zero-order valence-electron chi connectivity index (χ0n) is 14.2. The molecule has 0 bridgehead atoms. The molecule has 0 aliphatic heterocycles. The molecule has 0 saturated heterocycles. The van der Waals surface area contributed by atoms with Crippen LogP contribution < -0.4 is 10.1 Å². The van der Waals surface area contributed by atoms with E-state index in [2.05, 4.69) is 20.8 Å². The van der Waals surface area contributed by atoms with Gasteiger partial charge in [-0.2, -0.15) is 0 Å². The highest BCUT2D eigenvalue weighted by Gasteiger charge is 2.29. The SMILES string of the molecule is CCOc1cc(C=CC(=O)NC(C)c2nnnn2C2CC2)ccc1O. The van der Waals surface area contributed by atoms with Crippen LogP contribution in [0.4, 0.5) is 0 Å². The number of carbonyl (C=O) groups is 1. The second-order valence-electron chi connectivity index (χ2n) is 5.94. The molecule has 8 nitrogen and oxygen atoms in total. The third-order valence-electron chi connectivity index (χ3n) is 3.87. The maximum absolute atomic E-state index is 12.1. The zero-order chi connectivity index (χ0) is 17.8. The fourth-order valence-corrected chi connectivity index (χ4v) is 2.47. The third kappa shape index (κ3) is 4.14. The third-order valence-corrected chi connectivity index (χ3v) is 3.87. The van der Waals surface area contributed by atoms with Gasteiger partial charge in [0.05, 0.1) is 18.7 Å². The van der Waals surface area contributed by atoms with Crippen LogP contribution in [0.15, 0.2) is 24.3 Å². The van der Waals surface area contributed by atoms with E-state index in [9.17, 15) is 9.90 Å². The van der Waals surface area contributed by atoms with Gasteiger partial charge in [-0.15, -0.1) is 5.10 Å². The molecule has 25 heavy (non-hydrogen) atoms. The van der Waals surface area contributed by atoms with Crippen LogP contribution in [-0.2, 0) is 4.79 Å². The first-order valence-corrected chi connectivity index (χ1v) is 8.30. The molecule has 132 valence electrons. The van der Waals surface area contributed by atoms with Gasteiger partial charge < -0.3 is 15.2 Å². The van der Waals surface area contributed by atoms with Crippen molar-refractivity contribution in [2.45, 2.75) is 38.8 Å². The summed E-state index contributed by atoms with van der Waals surface area (Å²) in [6.07, 6.45) is 5.24. The van der Waals surface area contributed by atoms with Crippen LogP contribution in [0.3, 0.4) is 0 Å². The number of tetrazole rings is 1. The van der Waals surface area contributed by atoms with Gasteiger partial charge in [-0.3, -0.25) is 4.79 Å². The van der Waals surface area contributed by atoms with Crippen LogP contribution >= 0.6 is 0 Å². The van der Waals surface area contributed by atoms with E-state index >= 15 is 0 Å². The van der Waals surface area contributed by atoms with Crippen LogP contribution in [0.5, 0.6) is 11.5 Å². The minimum absolute atomic E-state index is 0.0731. The molecule has 1 fully saturated rings. The van der Waals surface area contributed by atoms with Crippen molar-refractivity contribution in [1.82, 2.24) is 25.5 Å². The predicted octanol–water partition coefficient (Wildman–Crippen LogP) is 2.00. The number of carbonyl (C=O) groups excluding carboxylic acids is 1. The smallest absolute Gasteiger partial charge is 0.244 e. The van der Waals surface area contributed by atoms with E-state index in [0.29, 0.717) is 24.2 Å². The standard InChI is InChI=1S/C17H21N5O3/c1-3-25-15-10-12(4-8-14(15)23)5-9-16(24)18-11(2)17-19-20-21-22(17)13-6-7-13/h4-5,8-11,13,23H,3,6-7H2,1-2H3,(H,18,24). The lowest BCUT2D eigenvalue weighted by atomic mass is 10.2. The topological polar surface area (TPSA) is 102 Å². The number of hydrogen-bond donors (Lipinski definition) is 2. The summed E-state index contributed by atoms with van der Waals surface area (Å²) in [5.74, 6) is 0.877. The summed E-state index contributed by atoms with van der Waals surface area (Å²) in [7, 11) is 0. The van der Waals surface area contributed by atoms with Gasteiger partial charge in [0, 0.05) is 6.08 Å². The quantitative estimate of drug-likeness (QED) is 0.746. The largest absolute Gasteiger partial charge is 0.504 e. The lowest BCUT2D eigenvalue weighted by Gasteiger charge is -2.12. The molecule has 1 aliphatic rings. The minimum atomic E-state index is -0.286. The number of nitrogens with zero attached hydrogens (tertiary/aromatic N) is 4. The van der Waals surface area contributed by atoms with E-state index in [-0.39, 0.29) is 17.7 Å². The number of amides is 1. The lowest BCUT2D eigenvalue weighted by Crippen LogP contribution is -2.27. The Morgan fingerprint density at radius 3 is 3.04 bits per heavy atom. The number of benzene rings is 1. The molecule has 1 saturated carbocycles. The van der Waals surface area contributed by atoms with Crippen molar-refractivity contribution in [3.05, 3.63) is 35.7 Å². The summed E-state index contributed by atoms with van der Waals surface area (Å²) >= 11 is 0. The molecule has 1 aromatic carbocycles. The van der Waals surface area contributed by atoms with Crippen molar-refractivity contribution in [3.8, 4) is 11.5 Å². The molecule has 3 rings (SSSR count). The molecule has 2 aromatic rings. The van der Waals surface area contributed by atoms with E-state index in [0.717, 1.165) is 18.4 Å². The monoisotopic (exact) mass is 343 g/mol. The first kappa shape index (κ1) is 16.9. The van der Waals surface area contributed by atoms with Crippen molar-refractivity contribution in [2.75, 3.05) is 6.61 Å². The van der Waals surface area contributed by atoms with Gasteiger partial charge in [0.25, 0.3) is 0 Å². The highest BCUT2D eigenvalue weighted by atomic mass is 16.5. The van der Waals surface area contributed by atoms with Crippen molar-refractivity contribution >= 4 is 12.0 Å². The van der Waals surface area contributed by atoms with Crippen molar-refractivity contribution in [2.24, 2.45) is 0 Å². The molecule has 1 amide bonds. The first-order valence-electron chi connectivity index (χ1n) is 8.30. The molecule has 1 atom stereocenters. The van der Waals surface area contributed by atoms with Gasteiger partial charge in [0.15, 0.2) is 17.3 Å². The van der Waals surface area contributed by atoms with Crippen molar-refractivity contribution in [1.29, 1.82) is 0 Å². The summed E-state index contributed by atoms with van der Waals surface area (Å²) in [6.45, 7) is 4.14. The Hall–Kier alpha value is -2.90. The lowest BCUT2D eigenvalue weighted by molar-refractivity contribution is -0.117. The molecule has 1 aromatic heterocycles. The molecular weight excluding hydrogens is 322 g/mol. The van der Waals surface area contributed by atoms with Crippen LogP contribution in [0.2, 0.25) is 0 Å². The summed E-state index contributed by atoms with van der Waals surface area (Å²) in [5, 5.41) is 24.2. The Balaban J connectivity index is 1.62. The van der Waals surface area contributed by atoms with E-state index < -0.39 is 0 Å². The number of nitrogens with one attached hydrogen (secondary N) is 1. The Morgan fingerprint density at radius 2 is 2.32 bits per heavy atom. The summed E-state index contributed by atoms with van der Waals surface area (Å²) in [6, 6.07) is 4.99. The molecule has 0 spiro atoms. The van der Waals surface area contributed by atoms with Crippen molar-refractivity contribution in [3.63, 3.8) is 0 Å². The van der Waals surface area contributed by atoms with Gasteiger partial charge in [-0.25, -0.2) is 4.68 Å². The molecule has 1 heterocycles. The van der Waals surface area contributed by atoms with Gasteiger partial charge in [0.1, 0.15) is 0 Å². The van der Waals surface area contributed by atoms with Gasteiger partial charge in [-0.05, 0) is 60.9 Å². The van der Waals surface area contributed by atoms with Crippen LogP contribution in [-0.4, -0.2) is 37.8 Å². The number of rotatable bonds is 7. The Bertz CT molecular complexity index is 782. The summed E-state index contributed by atoms with van der Waals surface area (Å²) in [5.41, 5.74) is 0.756. The normalized spacial score (nSPS) is 15.3.